The Morgan fingerprint density at radius 2 is 2.13 bits per heavy atom. The molecule has 3 rings (SSSR count). The maximum atomic E-state index is 14.2. The van der Waals surface area contributed by atoms with Gasteiger partial charge >= 0.3 is 6.03 Å². The number of urea groups is 1. The van der Waals surface area contributed by atoms with E-state index in [0.29, 0.717) is 18.3 Å². The number of halogens is 1. The molecule has 1 saturated heterocycles. The summed E-state index contributed by atoms with van der Waals surface area (Å²) < 4.78 is 14.2. The monoisotopic (exact) mass is 413 g/mol. The molecule has 1 aromatic carbocycles. The highest BCUT2D eigenvalue weighted by Crippen LogP contribution is 2.23. The number of carbonyl (C=O) groups is 2. The summed E-state index contributed by atoms with van der Waals surface area (Å²) in [6, 6.07) is 8.28. The van der Waals surface area contributed by atoms with Crippen LogP contribution in [-0.2, 0) is 11.3 Å². The molecule has 0 radical (unpaired) electrons. The molecule has 2 atom stereocenters. The Kier molecular flexibility index (Phi) is 6.99. The summed E-state index contributed by atoms with van der Waals surface area (Å²) in [7, 11) is 2.03. The molecule has 30 heavy (non-hydrogen) atoms. The van der Waals surface area contributed by atoms with Crippen molar-refractivity contribution in [2.75, 3.05) is 24.2 Å². The fourth-order valence-corrected chi connectivity index (χ4v) is 3.73. The lowest BCUT2D eigenvalue weighted by molar-refractivity contribution is -0.121. The van der Waals surface area contributed by atoms with Crippen molar-refractivity contribution in [3.05, 3.63) is 53.6 Å². The van der Waals surface area contributed by atoms with Crippen LogP contribution in [0.1, 0.15) is 31.0 Å². The molecule has 0 spiro atoms. The number of aromatic nitrogens is 1. The van der Waals surface area contributed by atoms with Crippen LogP contribution >= 0.6 is 0 Å². The zero-order chi connectivity index (χ0) is 21.7. The normalized spacial score (nSPS) is 18.9. The van der Waals surface area contributed by atoms with Gasteiger partial charge in [0, 0.05) is 30.9 Å². The Morgan fingerprint density at radius 3 is 2.80 bits per heavy atom. The number of piperidine rings is 1. The van der Waals surface area contributed by atoms with E-state index < -0.39 is 11.8 Å². The van der Waals surface area contributed by atoms with Gasteiger partial charge in [-0.2, -0.15) is 0 Å². The highest BCUT2D eigenvalue weighted by molar-refractivity contribution is 5.99. The molecule has 160 valence electrons. The quantitative estimate of drug-likeness (QED) is 0.709. The minimum Gasteiger partial charge on any atom is -0.342 e. The number of nitrogens with zero attached hydrogens (tertiary/aromatic N) is 3. The van der Waals surface area contributed by atoms with Gasteiger partial charge in [0.25, 0.3) is 0 Å². The van der Waals surface area contributed by atoms with E-state index in [1.165, 1.54) is 6.07 Å². The van der Waals surface area contributed by atoms with Crippen molar-refractivity contribution in [2.45, 2.75) is 45.3 Å². The second-order valence-corrected chi connectivity index (χ2v) is 7.87. The number of likely N-dealkylation sites (tertiary alicyclic amines) is 1. The number of hydrogen-bond donors (Lipinski definition) is 2. The molecular weight excluding hydrogens is 385 g/mol. The van der Waals surface area contributed by atoms with Gasteiger partial charge in [-0.1, -0.05) is 6.07 Å². The van der Waals surface area contributed by atoms with Crippen LogP contribution in [0.25, 0.3) is 0 Å². The predicted octanol–water partition coefficient (Wildman–Crippen LogP) is 3.61. The average molecular weight is 413 g/mol. The Hall–Kier alpha value is -3.00. The molecule has 1 fully saturated rings. The Labute approximate surface area is 176 Å². The van der Waals surface area contributed by atoms with Crippen LogP contribution in [0.3, 0.4) is 0 Å². The second kappa shape index (κ2) is 9.67. The number of anilines is 2. The van der Waals surface area contributed by atoms with E-state index in [2.05, 4.69) is 27.4 Å². The Bertz CT molecular complexity index is 890. The largest absolute Gasteiger partial charge is 0.342 e. The summed E-state index contributed by atoms with van der Waals surface area (Å²) in [6.45, 7) is 5.27. The van der Waals surface area contributed by atoms with E-state index in [-0.39, 0.29) is 11.7 Å². The van der Waals surface area contributed by atoms with Crippen molar-refractivity contribution >= 4 is 23.8 Å². The maximum absolute atomic E-state index is 14.2. The molecule has 2 N–H and O–H groups in total. The third kappa shape index (κ3) is 5.54. The maximum Gasteiger partial charge on any atom is 0.323 e. The lowest BCUT2D eigenvalue weighted by atomic mass is 9.97. The van der Waals surface area contributed by atoms with E-state index in [1.807, 2.05) is 18.9 Å². The van der Waals surface area contributed by atoms with Crippen molar-refractivity contribution in [1.29, 1.82) is 0 Å². The number of aryl methyl sites for hydroxylation is 1. The molecule has 0 saturated carbocycles. The molecule has 3 amide bonds. The van der Waals surface area contributed by atoms with Crippen molar-refractivity contribution in [3.8, 4) is 0 Å². The van der Waals surface area contributed by atoms with Crippen LogP contribution in [0.5, 0.6) is 0 Å². The number of carbonyl (C=O) groups excluding carboxylic acids is 2. The molecule has 1 aliphatic heterocycles. The molecule has 2 unspecified atom stereocenters. The van der Waals surface area contributed by atoms with Crippen LogP contribution in [-0.4, -0.2) is 52.9 Å². The summed E-state index contributed by atoms with van der Waals surface area (Å²) in [4.78, 5) is 31.5. The number of benzene rings is 1. The SMILES string of the molecule is Cc1ccc(NC(=O)Nc2cc(CN(C)C3CCN(C=O)C(C)C3)ccc2F)cn1. The standard InChI is InChI=1S/C22H28FN5O2/c1-15-4-6-18(12-24-15)25-22(30)26-21-11-17(5-7-20(21)23)13-27(3)19-8-9-28(14-29)16(2)10-19/h4-7,11-12,14,16,19H,8-10,13H2,1-3H3,(H2,25,26,30). The van der Waals surface area contributed by atoms with Gasteiger partial charge in [-0.15, -0.1) is 0 Å². The van der Waals surface area contributed by atoms with Gasteiger partial charge in [0.05, 0.1) is 17.6 Å². The summed E-state index contributed by atoms with van der Waals surface area (Å²) in [5.74, 6) is -0.494. The Morgan fingerprint density at radius 1 is 1.33 bits per heavy atom. The van der Waals surface area contributed by atoms with Crippen LogP contribution in [0, 0.1) is 12.7 Å². The fraction of sp³-hybridized carbons (Fsp3) is 0.409. The average Bonchev–Trinajstić information content (AvgIpc) is 2.72. The van der Waals surface area contributed by atoms with Crippen molar-refractivity contribution in [3.63, 3.8) is 0 Å². The molecule has 1 aliphatic rings. The van der Waals surface area contributed by atoms with E-state index in [9.17, 15) is 14.0 Å². The number of pyridine rings is 1. The minimum absolute atomic E-state index is 0.127. The van der Waals surface area contributed by atoms with E-state index in [1.54, 1.807) is 30.5 Å². The summed E-state index contributed by atoms with van der Waals surface area (Å²) in [5, 5.41) is 5.22. The van der Waals surface area contributed by atoms with E-state index >= 15 is 0 Å². The number of hydrogen-bond acceptors (Lipinski definition) is 4. The smallest absolute Gasteiger partial charge is 0.323 e. The molecular formula is C22H28FN5O2. The first-order valence-corrected chi connectivity index (χ1v) is 10.1. The van der Waals surface area contributed by atoms with Crippen LogP contribution in [0.2, 0.25) is 0 Å². The highest BCUT2D eigenvalue weighted by atomic mass is 19.1. The van der Waals surface area contributed by atoms with E-state index in [4.69, 9.17) is 0 Å². The van der Waals surface area contributed by atoms with Gasteiger partial charge in [0.15, 0.2) is 0 Å². The topological polar surface area (TPSA) is 77.6 Å². The van der Waals surface area contributed by atoms with Gasteiger partial charge in [0.2, 0.25) is 6.41 Å². The third-order valence-electron chi connectivity index (χ3n) is 5.54. The zero-order valence-corrected chi connectivity index (χ0v) is 17.6. The molecule has 7 nitrogen and oxygen atoms in total. The van der Waals surface area contributed by atoms with Crippen molar-refractivity contribution < 1.29 is 14.0 Å². The first-order chi connectivity index (χ1) is 14.4. The van der Waals surface area contributed by atoms with Crippen molar-refractivity contribution in [2.24, 2.45) is 0 Å². The first kappa shape index (κ1) is 21.7. The first-order valence-electron chi connectivity index (χ1n) is 10.1. The van der Waals surface area contributed by atoms with Crippen molar-refractivity contribution in [1.82, 2.24) is 14.8 Å². The van der Waals surface area contributed by atoms with Gasteiger partial charge in [-0.3, -0.25) is 14.7 Å². The fourth-order valence-electron chi connectivity index (χ4n) is 3.73. The third-order valence-corrected chi connectivity index (χ3v) is 5.54. The predicted molar refractivity (Wildman–Crippen MR) is 115 cm³/mol. The number of nitrogens with one attached hydrogen (secondary N) is 2. The number of amides is 3. The second-order valence-electron chi connectivity index (χ2n) is 7.87. The van der Waals surface area contributed by atoms with E-state index in [0.717, 1.165) is 37.1 Å². The summed E-state index contributed by atoms with van der Waals surface area (Å²) in [6.07, 6.45) is 4.26. The van der Waals surface area contributed by atoms with Crippen LogP contribution in [0.4, 0.5) is 20.6 Å². The number of rotatable bonds is 6. The molecule has 0 bridgehead atoms. The highest BCUT2D eigenvalue weighted by Gasteiger charge is 2.27. The van der Waals surface area contributed by atoms with Crippen LogP contribution in [0.15, 0.2) is 36.5 Å². The zero-order valence-electron chi connectivity index (χ0n) is 17.6. The van der Waals surface area contributed by atoms with Gasteiger partial charge in [-0.25, -0.2) is 9.18 Å². The van der Waals surface area contributed by atoms with Gasteiger partial charge < -0.3 is 15.5 Å². The molecule has 2 aromatic rings. The van der Waals surface area contributed by atoms with Gasteiger partial charge in [0.1, 0.15) is 5.82 Å². The lowest BCUT2D eigenvalue weighted by Crippen LogP contribution is -2.47. The molecule has 2 heterocycles. The lowest BCUT2D eigenvalue weighted by Gasteiger charge is -2.39. The molecule has 1 aromatic heterocycles. The minimum atomic E-state index is -0.528. The summed E-state index contributed by atoms with van der Waals surface area (Å²) >= 11 is 0. The summed E-state index contributed by atoms with van der Waals surface area (Å²) in [5.41, 5.74) is 2.40. The Balaban J connectivity index is 1.61. The van der Waals surface area contributed by atoms with Crippen LogP contribution < -0.4 is 10.6 Å². The molecule has 0 aliphatic carbocycles. The molecule has 8 heteroatoms. The van der Waals surface area contributed by atoms with Gasteiger partial charge in [-0.05, 0) is 63.6 Å².